The molecule has 19 heavy (non-hydrogen) atoms. The van der Waals surface area contributed by atoms with Crippen molar-refractivity contribution in [1.82, 2.24) is 9.78 Å². The molecule has 1 aromatic rings. The van der Waals surface area contributed by atoms with Crippen LogP contribution < -0.4 is 10.6 Å². The van der Waals surface area contributed by atoms with Crippen molar-refractivity contribution in [2.24, 2.45) is 18.7 Å². The third-order valence-electron chi connectivity index (χ3n) is 5.03. The van der Waals surface area contributed by atoms with Crippen LogP contribution in [-0.2, 0) is 13.6 Å². The smallest absolute Gasteiger partial charge is 0.131 e. The van der Waals surface area contributed by atoms with Crippen LogP contribution in [0.15, 0.2) is 0 Å². The average Bonchev–Trinajstić information content (AvgIpc) is 2.72. The highest BCUT2D eigenvalue weighted by atomic mass is 15.4. The lowest BCUT2D eigenvalue weighted by Gasteiger charge is -2.45. The Hall–Kier alpha value is -1.03. The van der Waals surface area contributed by atoms with Crippen molar-refractivity contribution in [2.45, 2.75) is 58.0 Å². The van der Waals surface area contributed by atoms with Gasteiger partial charge in [0.1, 0.15) is 5.82 Å². The Morgan fingerprint density at radius 3 is 2.74 bits per heavy atom. The van der Waals surface area contributed by atoms with Crippen LogP contribution in [0, 0.1) is 12.8 Å². The molecular weight excluding hydrogens is 236 g/mol. The van der Waals surface area contributed by atoms with Crippen molar-refractivity contribution >= 4 is 5.82 Å². The predicted molar refractivity (Wildman–Crippen MR) is 78.2 cm³/mol. The number of aromatic nitrogens is 2. The first-order chi connectivity index (χ1) is 9.22. The molecule has 0 bridgehead atoms. The van der Waals surface area contributed by atoms with E-state index >= 15 is 0 Å². The molecule has 1 aliphatic carbocycles. The maximum Gasteiger partial charge on any atom is 0.131 e. The van der Waals surface area contributed by atoms with Crippen molar-refractivity contribution in [3.05, 3.63) is 11.3 Å². The van der Waals surface area contributed by atoms with Crippen LogP contribution in [0.2, 0.25) is 0 Å². The van der Waals surface area contributed by atoms with Gasteiger partial charge in [-0.05, 0) is 38.5 Å². The number of fused-ring (bicyclic) bond motifs is 1. The summed E-state index contributed by atoms with van der Waals surface area (Å²) >= 11 is 0. The largest absolute Gasteiger partial charge is 0.353 e. The number of piperidine rings is 1. The molecular formula is C15H26N4. The zero-order valence-electron chi connectivity index (χ0n) is 12.2. The maximum absolute atomic E-state index is 5.96. The molecule has 2 aliphatic rings. The molecule has 2 N–H and O–H groups in total. The minimum atomic E-state index is 0.600. The Balaban J connectivity index is 1.96. The summed E-state index contributed by atoms with van der Waals surface area (Å²) in [5.41, 5.74) is 8.30. The summed E-state index contributed by atoms with van der Waals surface area (Å²) in [5.74, 6) is 2.18. The van der Waals surface area contributed by atoms with Gasteiger partial charge in [-0.2, -0.15) is 5.10 Å². The molecule has 2 atom stereocenters. The fourth-order valence-corrected chi connectivity index (χ4v) is 4.18. The normalized spacial score (nSPS) is 27.4. The van der Waals surface area contributed by atoms with E-state index in [1.54, 1.807) is 0 Å². The molecule has 106 valence electrons. The van der Waals surface area contributed by atoms with Crippen molar-refractivity contribution in [3.8, 4) is 0 Å². The molecule has 3 rings (SSSR count). The maximum atomic E-state index is 5.96. The van der Waals surface area contributed by atoms with Gasteiger partial charge in [0.2, 0.25) is 0 Å². The number of anilines is 1. The fraction of sp³-hybridized carbons (Fsp3) is 0.800. The van der Waals surface area contributed by atoms with Crippen molar-refractivity contribution in [2.75, 3.05) is 11.4 Å². The van der Waals surface area contributed by atoms with Gasteiger partial charge in [0, 0.05) is 31.7 Å². The predicted octanol–water partition coefficient (Wildman–Crippen LogP) is 2.35. The monoisotopic (exact) mass is 262 g/mol. The van der Waals surface area contributed by atoms with Gasteiger partial charge in [0.15, 0.2) is 0 Å². The van der Waals surface area contributed by atoms with E-state index in [1.165, 1.54) is 56.5 Å². The van der Waals surface area contributed by atoms with Crippen LogP contribution in [0.25, 0.3) is 0 Å². The van der Waals surface area contributed by atoms with Gasteiger partial charge in [-0.25, -0.2) is 0 Å². The topological polar surface area (TPSA) is 47.1 Å². The number of hydrogen-bond donors (Lipinski definition) is 1. The third-order valence-corrected chi connectivity index (χ3v) is 5.03. The van der Waals surface area contributed by atoms with E-state index in [0.717, 1.165) is 17.7 Å². The van der Waals surface area contributed by atoms with E-state index in [-0.39, 0.29) is 0 Å². The number of nitrogens with two attached hydrogens (primary N) is 1. The van der Waals surface area contributed by atoms with Crippen LogP contribution >= 0.6 is 0 Å². The van der Waals surface area contributed by atoms with Gasteiger partial charge in [-0.15, -0.1) is 0 Å². The van der Waals surface area contributed by atoms with E-state index in [4.69, 9.17) is 5.73 Å². The second-order valence-corrected chi connectivity index (χ2v) is 6.16. The number of aryl methyl sites for hydroxylation is 2. The molecule has 2 fully saturated rings. The van der Waals surface area contributed by atoms with E-state index in [9.17, 15) is 0 Å². The van der Waals surface area contributed by atoms with Gasteiger partial charge in [-0.3, -0.25) is 4.68 Å². The zero-order valence-corrected chi connectivity index (χ0v) is 12.2. The van der Waals surface area contributed by atoms with Crippen molar-refractivity contribution in [1.29, 1.82) is 0 Å². The minimum absolute atomic E-state index is 0.600. The molecule has 1 aromatic heterocycles. The van der Waals surface area contributed by atoms with E-state index in [1.807, 2.05) is 0 Å². The Kier molecular flexibility index (Phi) is 3.52. The Morgan fingerprint density at radius 2 is 1.95 bits per heavy atom. The van der Waals surface area contributed by atoms with Crippen molar-refractivity contribution in [3.63, 3.8) is 0 Å². The van der Waals surface area contributed by atoms with Crippen LogP contribution in [0.3, 0.4) is 0 Å². The molecule has 1 aliphatic heterocycles. The lowest BCUT2D eigenvalue weighted by Crippen LogP contribution is -2.48. The lowest BCUT2D eigenvalue weighted by atomic mass is 9.78. The highest BCUT2D eigenvalue weighted by Crippen LogP contribution is 2.39. The molecule has 4 heteroatoms. The van der Waals surface area contributed by atoms with Gasteiger partial charge >= 0.3 is 0 Å². The molecule has 0 unspecified atom stereocenters. The molecule has 4 nitrogen and oxygen atoms in total. The van der Waals surface area contributed by atoms with Crippen LogP contribution in [0.4, 0.5) is 5.82 Å². The van der Waals surface area contributed by atoms with Gasteiger partial charge in [0.05, 0.1) is 5.69 Å². The molecule has 0 radical (unpaired) electrons. The fourth-order valence-electron chi connectivity index (χ4n) is 4.18. The molecule has 1 saturated carbocycles. The quantitative estimate of drug-likeness (QED) is 0.890. The first kappa shape index (κ1) is 13.0. The Labute approximate surface area is 116 Å². The van der Waals surface area contributed by atoms with Crippen LogP contribution in [-0.4, -0.2) is 22.4 Å². The highest BCUT2D eigenvalue weighted by Gasteiger charge is 2.35. The third kappa shape index (κ3) is 2.16. The van der Waals surface area contributed by atoms with Gasteiger partial charge in [0.25, 0.3) is 0 Å². The zero-order chi connectivity index (χ0) is 13.4. The number of rotatable bonds is 2. The summed E-state index contributed by atoms with van der Waals surface area (Å²) in [6.07, 6.45) is 8.29. The van der Waals surface area contributed by atoms with Gasteiger partial charge in [-0.1, -0.05) is 12.8 Å². The minimum Gasteiger partial charge on any atom is -0.353 e. The first-order valence-corrected chi connectivity index (χ1v) is 7.71. The SMILES string of the molecule is Cc1nn(C)c(N2CCC[C@H]3CCCC[C@H]32)c1CN. The Morgan fingerprint density at radius 1 is 1.21 bits per heavy atom. The van der Waals surface area contributed by atoms with E-state index < -0.39 is 0 Å². The second-order valence-electron chi connectivity index (χ2n) is 6.16. The lowest BCUT2D eigenvalue weighted by molar-refractivity contribution is 0.241. The molecule has 0 amide bonds. The number of nitrogens with zero attached hydrogens (tertiary/aromatic N) is 3. The molecule has 2 heterocycles. The summed E-state index contributed by atoms with van der Waals surface area (Å²) in [4.78, 5) is 2.62. The standard InChI is InChI=1S/C15H26N4/c1-11-13(10-16)15(18(2)17-11)19-9-5-7-12-6-3-4-8-14(12)19/h12,14H,3-10,16H2,1-2H3/t12-,14-/m1/s1. The van der Waals surface area contributed by atoms with Crippen LogP contribution in [0.1, 0.15) is 49.8 Å². The molecule has 1 saturated heterocycles. The molecule has 0 aromatic carbocycles. The van der Waals surface area contributed by atoms with Crippen molar-refractivity contribution < 1.29 is 0 Å². The van der Waals surface area contributed by atoms with Gasteiger partial charge < -0.3 is 10.6 Å². The summed E-state index contributed by atoms with van der Waals surface area (Å²) in [6.45, 7) is 3.85. The molecule has 0 spiro atoms. The summed E-state index contributed by atoms with van der Waals surface area (Å²) in [5, 5.41) is 4.59. The second kappa shape index (κ2) is 5.16. The van der Waals surface area contributed by atoms with E-state index in [2.05, 4.69) is 28.7 Å². The summed E-state index contributed by atoms with van der Waals surface area (Å²) < 4.78 is 2.05. The highest BCUT2D eigenvalue weighted by molar-refractivity contribution is 5.51. The summed E-state index contributed by atoms with van der Waals surface area (Å²) in [7, 11) is 2.06. The van der Waals surface area contributed by atoms with Crippen LogP contribution in [0.5, 0.6) is 0 Å². The number of hydrogen-bond acceptors (Lipinski definition) is 3. The average molecular weight is 262 g/mol. The summed E-state index contributed by atoms with van der Waals surface area (Å²) in [6, 6.07) is 0.725. The first-order valence-electron chi connectivity index (χ1n) is 7.71. The Bertz CT molecular complexity index is 449. The van der Waals surface area contributed by atoms with E-state index in [0.29, 0.717) is 6.54 Å².